The third-order valence-electron chi connectivity index (χ3n) is 4.24. The van der Waals surface area contributed by atoms with Crippen molar-refractivity contribution < 1.29 is 25.0 Å². The molecule has 0 amide bonds. The first-order valence-corrected chi connectivity index (χ1v) is 9.15. The SMILES string of the molecule is C[C@H]1O[C@@H](Nc2cc(Sc3ccccc3)cc([N+](=O)[O-])c2)[C@@H](O)[C@@H](O)[C@@H]1O. The van der Waals surface area contributed by atoms with E-state index in [0.717, 1.165) is 4.90 Å². The fourth-order valence-electron chi connectivity index (χ4n) is 2.79. The largest absolute Gasteiger partial charge is 0.388 e. The highest BCUT2D eigenvalue weighted by Crippen LogP contribution is 2.33. The third-order valence-corrected chi connectivity index (χ3v) is 5.22. The van der Waals surface area contributed by atoms with Gasteiger partial charge in [-0.05, 0) is 25.1 Å². The highest BCUT2D eigenvalue weighted by Gasteiger charge is 2.41. The molecule has 1 aliphatic rings. The molecule has 5 atom stereocenters. The molecule has 2 aromatic carbocycles. The van der Waals surface area contributed by atoms with Gasteiger partial charge in [0.05, 0.1) is 11.0 Å². The molecule has 4 N–H and O–H groups in total. The molecule has 2 aromatic rings. The van der Waals surface area contributed by atoms with E-state index < -0.39 is 35.6 Å². The van der Waals surface area contributed by atoms with Crippen molar-refractivity contribution in [3.8, 4) is 0 Å². The number of hydrogen-bond donors (Lipinski definition) is 4. The molecule has 0 aromatic heterocycles. The second kappa shape index (κ2) is 8.24. The second-order valence-corrected chi connectivity index (χ2v) is 7.41. The van der Waals surface area contributed by atoms with Crippen molar-refractivity contribution in [2.45, 2.75) is 47.4 Å². The van der Waals surface area contributed by atoms with E-state index >= 15 is 0 Å². The average molecular weight is 392 g/mol. The maximum Gasteiger partial charge on any atom is 0.272 e. The summed E-state index contributed by atoms with van der Waals surface area (Å²) in [5, 5.41) is 44.0. The third kappa shape index (κ3) is 4.57. The average Bonchev–Trinajstić information content (AvgIpc) is 2.65. The minimum Gasteiger partial charge on any atom is -0.388 e. The van der Waals surface area contributed by atoms with E-state index in [4.69, 9.17) is 4.74 Å². The van der Waals surface area contributed by atoms with Gasteiger partial charge in [0.25, 0.3) is 5.69 Å². The number of nitrogens with zero attached hydrogens (tertiary/aromatic N) is 1. The number of hydrogen-bond acceptors (Lipinski definition) is 8. The van der Waals surface area contributed by atoms with E-state index in [1.165, 1.54) is 23.9 Å². The van der Waals surface area contributed by atoms with Crippen LogP contribution in [0.3, 0.4) is 0 Å². The van der Waals surface area contributed by atoms with Crippen LogP contribution >= 0.6 is 11.8 Å². The molecule has 0 unspecified atom stereocenters. The Morgan fingerprint density at radius 1 is 1.04 bits per heavy atom. The van der Waals surface area contributed by atoms with Gasteiger partial charge in [-0.15, -0.1) is 0 Å². The maximum atomic E-state index is 11.3. The lowest BCUT2D eigenvalue weighted by atomic mass is 9.99. The first-order valence-electron chi connectivity index (χ1n) is 8.34. The van der Waals surface area contributed by atoms with Gasteiger partial charge in [0.2, 0.25) is 0 Å². The Hall–Kier alpha value is -2.17. The van der Waals surface area contributed by atoms with Gasteiger partial charge in [0.1, 0.15) is 18.3 Å². The molecule has 1 fully saturated rings. The molecule has 0 saturated carbocycles. The van der Waals surface area contributed by atoms with Crippen molar-refractivity contribution in [1.29, 1.82) is 0 Å². The summed E-state index contributed by atoms with van der Waals surface area (Å²) in [6, 6.07) is 13.9. The normalized spacial score (nSPS) is 27.9. The Morgan fingerprint density at radius 3 is 2.41 bits per heavy atom. The molecule has 9 heteroatoms. The van der Waals surface area contributed by atoms with Crippen molar-refractivity contribution in [3.05, 3.63) is 58.6 Å². The van der Waals surface area contributed by atoms with E-state index in [1.54, 1.807) is 13.0 Å². The summed E-state index contributed by atoms with van der Waals surface area (Å²) in [6.45, 7) is 1.57. The molecule has 0 spiro atoms. The maximum absolute atomic E-state index is 11.3. The van der Waals surface area contributed by atoms with Crippen LogP contribution in [0.2, 0.25) is 0 Å². The summed E-state index contributed by atoms with van der Waals surface area (Å²) >= 11 is 1.36. The van der Waals surface area contributed by atoms with Crippen molar-refractivity contribution in [2.24, 2.45) is 0 Å². The van der Waals surface area contributed by atoms with E-state index in [9.17, 15) is 25.4 Å². The Labute approximate surface area is 159 Å². The zero-order valence-electron chi connectivity index (χ0n) is 14.4. The van der Waals surface area contributed by atoms with Gasteiger partial charge in [0.15, 0.2) is 6.23 Å². The van der Waals surface area contributed by atoms with Crippen LogP contribution in [0.5, 0.6) is 0 Å². The van der Waals surface area contributed by atoms with Crippen LogP contribution in [-0.2, 0) is 4.74 Å². The zero-order valence-corrected chi connectivity index (χ0v) is 15.2. The van der Waals surface area contributed by atoms with Crippen LogP contribution in [0.15, 0.2) is 58.3 Å². The Balaban J connectivity index is 1.85. The number of benzene rings is 2. The predicted octanol–water partition coefficient (Wildman–Crippen LogP) is 1.99. The Morgan fingerprint density at radius 2 is 1.74 bits per heavy atom. The highest BCUT2D eigenvalue weighted by molar-refractivity contribution is 7.99. The van der Waals surface area contributed by atoms with Crippen LogP contribution in [-0.4, -0.2) is 50.9 Å². The van der Waals surface area contributed by atoms with Crippen LogP contribution in [0.4, 0.5) is 11.4 Å². The summed E-state index contributed by atoms with van der Waals surface area (Å²) in [7, 11) is 0. The summed E-state index contributed by atoms with van der Waals surface area (Å²) in [5.74, 6) is 0. The summed E-state index contributed by atoms with van der Waals surface area (Å²) in [5.41, 5.74) is 0.250. The molecule has 0 bridgehead atoms. The number of aliphatic hydroxyl groups is 3. The topological polar surface area (TPSA) is 125 Å². The first-order chi connectivity index (χ1) is 12.8. The number of nitro benzene ring substituents is 1. The number of anilines is 1. The number of rotatable bonds is 5. The van der Waals surface area contributed by atoms with Crippen molar-refractivity contribution >= 4 is 23.1 Å². The van der Waals surface area contributed by atoms with Crippen LogP contribution in [0.25, 0.3) is 0 Å². The monoisotopic (exact) mass is 392 g/mol. The minimum atomic E-state index is -1.39. The fraction of sp³-hybridized carbons (Fsp3) is 0.333. The van der Waals surface area contributed by atoms with Crippen molar-refractivity contribution in [1.82, 2.24) is 0 Å². The molecule has 1 heterocycles. The lowest BCUT2D eigenvalue weighted by Gasteiger charge is -2.39. The van der Waals surface area contributed by atoms with Crippen LogP contribution < -0.4 is 5.32 Å². The number of nitro groups is 1. The molecule has 27 heavy (non-hydrogen) atoms. The Bertz CT molecular complexity index is 806. The molecule has 1 aliphatic heterocycles. The summed E-state index contributed by atoms with van der Waals surface area (Å²) in [6.07, 6.45) is -5.72. The van der Waals surface area contributed by atoms with Crippen LogP contribution in [0, 0.1) is 10.1 Å². The van der Waals surface area contributed by atoms with Gasteiger partial charge < -0.3 is 25.4 Å². The summed E-state index contributed by atoms with van der Waals surface area (Å²) < 4.78 is 5.50. The van der Waals surface area contributed by atoms with E-state index in [2.05, 4.69) is 5.32 Å². The summed E-state index contributed by atoms with van der Waals surface area (Å²) in [4.78, 5) is 12.3. The smallest absolute Gasteiger partial charge is 0.272 e. The molecule has 0 aliphatic carbocycles. The molecule has 8 nitrogen and oxygen atoms in total. The van der Waals surface area contributed by atoms with Crippen molar-refractivity contribution in [3.63, 3.8) is 0 Å². The van der Waals surface area contributed by atoms with E-state index in [1.807, 2.05) is 30.3 Å². The first kappa shape index (κ1) is 19.6. The second-order valence-electron chi connectivity index (χ2n) is 6.27. The Kier molecular flexibility index (Phi) is 5.98. The number of non-ortho nitro benzene ring substituents is 1. The molecule has 3 rings (SSSR count). The molecule has 144 valence electrons. The van der Waals surface area contributed by atoms with E-state index in [0.29, 0.717) is 10.6 Å². The molecular weight excluding hydrogens is 372 g/mol. The van der Waals surface area contributed by atoms with Crippen LogP contribution in [0.1, 0.15) is 6.92 Å². The van der Waals surface area contributed by atoms with Gasteiger partial charge >= 0.3 is 0 Å². The molecule has 1 saturated heterocycles. The fourth-order valence-corrected chi connectivity index (χ4v) is 3.72. The highest BCUT2D eigenvalue weighted by atomic mass is 32.2. The van der Waals surface area contributed by atoms with Gasteiger partial charge in [-0.2, -0.15) is 0 Å². The van der Waals surface area contributed by atoms with Gasteiger partial charge in [-0.25, -0.2) is 0 Å². The number of nitrogens with one attached hydrogen (secondary N) is 1. The quantitative estimate of drug-likeness (QED) is 0.450. The molecule has 0 radical (unpaired) electrons. The standard InChI is InChI=1S/C18H20N2O6S/c1-10-15(21)16(22)17(23)18(26-10)19-11-7-12(20(24)25)9-14(8-11)27-13-5-3-2-4-6-13/h2-10,15-19,21-23H,1H3/t10-,15-,16+,17+,18-/m1/s1. The lowest BCUT2D eigenvalue weighted by molar-refractivity contribution is -0.385. The predicted molar refractivity (Wildman–Crippen MR) is 99.6 cm³/mol. The number of aliphatic hydroxyl groups excluding tert-OH is 3. The lowest BCUT2D eigenvalue weighted by Crippen LogP contribution is -2.58. The zero-order chi connectivity index (χ0) is 19.6. The van der Waals surface area contributed by atoms with Gasteiger partial charge in [-0.3, -0.25) is 10.1 Å². The van der Waals surface area contributed by atoms with Crippen molar-refractivity contribution in [2.75, 3.05) is 5.32 Å². The molecular formula is C18H20N2O6S. The number of ether oxygens (including phenoxy) is 1. The minimum absolute atomic E-state index is 0.114. The van der Waals surface area contributed by atoms with E-state index in [-0.39, 0.29) is 5.69 Å². The van der Waals surface area contributed by atoms with Gasteiger partial charge in [0, 0.05) is 27.6 Å². The van der Waals surface area contributed by atoms with Gasteiger partial charge in [-0.1, -0.05) is 30.0 Å².